The van der Waals surface area contributed by atoms with Crippen LogP contribution in [0.5, 0.6) is 0 Å². The molecule has 0 bridgehead atoms. The van der Waals surface area contributed by atoms with Gasteiger partial charge in [0.25, 0.3) is 11.6 Å². The van der Waals surface area contributed by atoms with Gasteiger partial charge in [0.1, 0.15) is 11.2 Å². The maximum absolute atomic E-state index is 12.1. The van der Waals surface area contributed by atoms with E-state index < -0.39 is 22.4 Å². The number of nitrogens with zero attached hydrogens (tertiary/aromatic N) is 3. The molecule has 2 N–H and O–H groups in total. The Morgan fingerprint density at radius 2 is 2.17 bits per heavy atom. The van der Waals surface area contributed by atoms with Gasteiger partial charge in [0.15, 0.2) is 0 Å². The molecule has 0 aromatic heterocycles. The summed E-state index contributed by atoms with van der Waals surface area (Å²) in [7, 11) is 0. The third kappa shape index (κ3) is 2.44. The van der Waals surface area contributed by atoms with Crippen LogP contribution >= 0.6 is 0 Å². The first-order valence-electron chi connectivity index (χ1n) is 7.02. The molecule has 2 aliphatic heterocycles. The molecule has 2 heterocycles. The van der Waals surface area contributed by atoms with Crippen molar-refractivity contribution in [1.82, 2.24) is 10.6 Å². The average molecular weight is 315 g/mol. The van der Waals surface area contributed by atoms with Crippen molar-refractivity contribution in [3.63, 3.8) is 0 Å². The Morgan fingerprint density at radius 3 is 2.78 bits per heavy atom. The summed E-state index contributed by atoms with van der Waals surface area (Å²) in [6, 6.07) is 5.49. The summed E-state index contributed by atoms with van der Waals surface area (Å²) in [5, 5.41) is 25.1. The maximum Gasteiger partial charge on any atom is 0.322 e. The molecule has 9 nitrogen and oxygen atoms in total. The van der Waals surface area contributed by atoms with E-state index in [-0.39, 0.29) is 17.9 Å². The Labute approximate surface area is 131 Å². The lowest BCUT2D eigenvalue weighted by Gasteiger charge is -2.39. The summed E-state index contributed by atoms with van der Waals surface area (Å²) < 4.78 is 0. The monoisotopic (exact) mass is 315 g/mol. The lowest BCUT2D eigenvalue weighted by Crippen LogP contribution is -2.58. The van der Waals surface area contributed by atoms with Crippen molar-refractivity contribution in [2.45, 2.75) is 18.4 Å². The molecule has 2 fully saturated rings. The van der Waals surface area contributed by atoms with Crippen LogP contribution in [0.4, 0.5) is 16.2 Å². The van der Waals surface area contributed by atoms with Crippen molar-refractivity contribution in [1.29, 1.82) is 5.26 Å². The molecule has 3 amide bonds. The number of urea groups is 1. The van der Waals surface area contributed by atoms with E-state index in [0.717, 1.165) is 0 Å². The molecule has 0 aliphatic carbocycles. The van der Waals surface area contributed by atoms with Crippen LogP contribution in [0, 0.1) is 21.4 Å². The van der Waals surface area contributed by atoms with Gasteiger partial charge in [-0.1, -0.05) is 0 Å². The first-order valence-corrected chi connectivity index (χ1v) is 7.02. The topological polar surface area (TPSA) is 128 Å². The van der Waals surface area contributed by atoms with Gasteiger partial charge in [-0.25, -0.2) is 4.79 Å². The summed E-state index contributed by atoms with van der Waals surface area (Å²) in [4.78, 5) is 35.9. The minimum Gasteiger partial charge on any atom is -0.363 e. The van der Waals surface area contributed by atoms with E-state index in [1.807, 2.05) is 6.07 Å². The molecule has 2 saturated heterocycles. The SMILES string of the molecule is N#Cc1ccc([N+](=O)[O-])c(N2CCCC3(C2)NC(=O)NC3=O)c1. The molecule has 0 radical (unpaired) electrons. The minimum absolute atomic E-state index is 0.125. The van der Waals surface area contributed by atoms with Crippen LogP contribution in [0.25, 0.3) is 0 Å². The first kappa shape index (κ1) is 14.8. The summed E-state index contributed by atoms with van der Waals surface area (Å²) in [6.45, 7) is 0.626. The average Bonchev–Trinajstić information content (AvgIpc) is 2.79. The number of hydrogen-bond acceptors (Lipinski definition) is 6. The molecule has 3 rings (SSSR count). The van der Waals surface area contributed by atoms with E-state index in [1.165, 1.54) is 18.2 Å². The van der Waals surface area contributed by atoms with Crippen LogP contribution < -0.4 is 15.5 Å². The van der Waals surface area contributed by atoms with Crippen molar-refractivity contribution < 1.29 is 14.5 Å². The van der Waals surface area contributed by atoms with E-state index >= 15 is 0 Å². The van der Waals surface area contributed by atoms with E-state index in [0.29, 0.717) is 24.9 Å². The Morgan fingerprint density at radius 1 is 1.39 bits per heavy atom. The summed E-state index contributed by atoms with van der Waals surface area (Å²) in [6.07, 6.45) is 1.05. The Balaban J connectivity index is 1.99. The van der Waals surface area contributed by atoms with Crippen molar-refractivity contribution in [3.05, 3.63) is 33.9 Å². The van der Waals surface area contributed by atoms with E-state index in [9.17, 15) is 19.7 Å². The fraction of sp³-hybridized carbons (Fsp3) is 0.357. The van der Waals surface area contributed by atoms with Gasteiger partial charge in [-0.2, -0.15) is 5.26 Å². The molecule has 1 atom stereocenters. The predicted molar refractivity (Wildman–Crippen MR) is 78.7 cm³/mol. The molecule has 0 saturated carbocycles. The van der Waals surface area contributed by atoms with Crippen molar-refractivity contribution in [2.75, 3.05) is 18.0 Å². The van der Waals surface area contributed by atoms with Crippen molar-refractivity contribution in [2.24, 2.45) is 0 Å². The van der Waals surface area contributed by atoms with Crippen LogP contribution in [0.1, 0.15) is 18.4 Å². The zero-order valence-corrected chi connectivity index (χ0v) is 12.0. The number of nitriles is 1. The fourth-order valence-electron chi connectivity index (χ4n) is 3.08. The Kier molecular flexibility index (Phi) is 3.37. The number of rotatable bonds is 2. The van der Waals surface area contributed by atoms with Crippen molar-refractivity contribution >= 4 is 23.3 Å². The van der Waals surface area contributed by atoms with Crippen LogP contribution in [0.15, 0.2) is 18.2 Å². The van der Waals surface area contributed by atoms with Crippen molar-refractivity contribution in [3.8, 4) is 6.07 Å². The van der Waals surface area contributed by atoms with Gasteiger partial charge in [-0.3, -0.25) is 20.2 Å². The largest absolute Gasteiger partial charge is 0.363 e. The highest BCUT2D eigenvalue weighted by Gasteiger charge is 2.49. The molecule has 1 unspecified atom stereocenters. The van der Waals surface area contributed by atoms with Gasteiger partial charge in [-0.05, 0) is 25.0 Å². The molecule has 1 spiro atoms. The number of nitrogens with one attached hydrogen (secondary N) is 2. The number of amides is 3. The second-order valence-corrected chi connectivity index (χ2v) is 5.59. The number of piperidine rings is 1. The van der Waals surface area contributed by atoms with Crippen LogP contribution in [-0.4, -0.2) is 35.5 Å². The highest BCUT2D eigenvalue weighted by molar-refractivity contribution is 6.07. The van der Waals surface area contributed by atoms with Crippen LogP contribution in [-0.2, 0) is 4.79 Å². The second-order valence-electron chi connectivity index (χ2n) is 5.59. The molecular weight excluding hydrogens is 302 g/mol. The molecular formula is C14H13N5O4. The molecule has 118 valence electrons. The number of carbonyl (C=O) groups is 2. The highest BCUT2D eigenvalue weighted by atomic mass is 16.6. The standard InChI is InChI=1S/C14H13N5O4/c15-7-9-2-3-10(19(22)23)11(6-9)18-5-1-4-14(8-18)12(20)16-13(21)17-14/h2-3,6H,1,4-5,8H2,(H2,16,17,20,21). The number of carbonyl (C=O) groups excluding carboxylic acids is 2. The van der Waals surface area contributed by atoms with Crippen LogP contribution in [0.3, 0.4) is 0 Å². The van der Waals surface area contributed by atoms with E-state index in [1.54, 1.807) is 4.90 Å². The molecule has 23 heavy (non-hydrogen) atoms. The van der Waals surface area contributed by atoms with Crippen LogP contribution in [0.2, 0.25) is 0 Å². The van der Waals surface area contributed by atoms with Gasteiger partial charge in [0.05, 0.1) is 23.1 Å². The molecule has 1 aromatic rings. The van der Waals surface area contributed by atoms with Gasteiger partial charge >= 0.3 is 6.03 Å². The lowest BCUT2D eigenvalue weighted by molar-refractivity contribution is -0.384. The predicted octanol–water partition coefficient (Wildman–Crippen LogP) is 0.645. The lowest BCUT2D eigenvalue weighted by atomic mass is 9.88. The second kappa shape index (κ2) is 5.24. The van der Waals surface area contributed by atoms with Gasteiger partial charge in [-0.15, -0.1) is 0 Å². The molecule has 2 aliphatic rings. The van der Waals surface area contributed by atoms with E-state index in [2.05, 4.69) is 10.6 Å². The third-order valence-electron chi connectivity index (χ3n) is 4.15. The van der Waals surface area contributed by atoms with Gasteiger partial charge in [0, 0.05) is 12.6 Å². The first-order chi connectivity index (χ1) is 10.9. The number of hydrogen-bond donors (Lipinski definition) is 2. The minimum atomic E-state index is -1.08. The molecule has 1 aromatic carbocycles. The highest BCUT2D eigenvalue weighted by Crippen LogP contribution is 2.34. The van der Waals surface area contributed by atoms with Gasteiger partial charge in [0.2, 0.25) is 0 Å². The zero-order valence-electron chi connectivity index (χ0n) is 12.0. The number of anilines is 1. The Bertz CT molecular complexity index is 756. The quantitative estimate of drug-likeness (QED) is 0.468. The number of imide groups is 1. The zero-order chi connectivity index (χ0) is 16.6. The Hall–Kier alpha value is -3.15. The maximum atomic E-state index is 12.1. The summed E-state index contributed by atoms with van der Waals surface area (Å²) in [5.41, 5.74) is -0.635. The molecule has 9 heteroatoms. The number of nitro benzene ring substituents is 1. The smallest absolute Gasteiger partial charge is 0.322 e. The normalized spacial score (nSPS) is 23.3. The van der Waals surface area contributed by atoms with E-state index in [4.69, 9.17) is 5.26 Å². The van der Waals surface area contributed by atoms with Gasteiger partial charge < -0.3 is 10.2 Å². The number of benzene rings is 1. The number of nitro groups is 1. The fourth-order valence-corrected chi connectivity index (χ4v) is 3.08. The summed E-state index contributed by atoms with van der Waals surface area (Å²) in [5.74, 6) is -0.425. The third-order valence-corrected chi connectivity index (χ3v) is 4.15. The summed E-state index contributed by atoms with van der Waals surface area (Å²) >= 11 is 0.